The molecule has 1 saturated heterocycles. The number of piperidine rings is 1. The third-order valence-electron chi connectivity index (χ3n) is 3.30. The van der Waals surface area contributed by atoms with Crippen LogP contribution in [0.15, 0.2) is 6.07 Å². The van der Waals surface area contributed by atoms with Crippen molar-refractivity contribution >= 4 is 32.5 Å². The zero-order valence-electron chi connectivity index (χ0n) is 11.4. The highest BCUT2D eigenvalue weighted by Gasteiger charge is 2.27. The van der Waals surface area contributed by atoms with Crippen LogP contribution < -0.4 is 4.72 Å². The third-order valence-corrected chi connectivity index (χ3v) is 6.06. The summed E-state index contributed by atoms with van der Waals surface area (Å²) in [6.07, 6.45) is 1.89. The van der Waals surface area contributed by atoms with E-state index >= 15 is 0 Å². The lowest BCUT2D eigenvalue weighted by Crippen LogP contribution is -2.42. The molecule has 20 heavy (non-hydrogen) atoms. The molecule has 2 rings (SSSR count). The second-order valence-corrected chi connectivity index (χ2v) is 7.86. The van der Waals surface area contributed by atoms with Crippen LogP contribution in [-0.2, 0) is 10.2 Å². The third kappa shape index (κ3) is 3.31. The number of aryl methyl sites for hydroxylation is 1. The number of hydrogen-bond acceptors (Lipinski definition) is 4. The van der Waals surface area contributed by atoms with Gasteiger partial charge in [-0.2, -0.15) is 12.7 Å². The molecule has 1 aliphatic heterocycles. The molecule has 1 atom stereocenters. The quantitative estimate of drug-likeness (QED) is 0.890. The largest absolute Gasteiger partial charge is 0.477 e. The normalized spacial score (nSPS) is 20.8. The Kier molecular flexibility index (Phi) is 4.36. The fraction of sp³-hybridized carbons (Fsp3) is 0.583. The molecule has 1 aromatic heterocycles. The van der Waals surface area contributed by atoms with E-state index in [2.05, 4.69) is 4.72 Å². The van der Waals surface area contributed by atoms with Gasteiger partial charge in [-0.3, -0.25) is 4.72 Å². The number of thiophene rings is 1. The number of carboxylic acids is 1. The number of carbonyl (C=O) groups is 1. The average molecular weight is 318 g/mol. The zero-order chi connectivity index (χ0) is 14.9. The van der Waals surface area contributed by atoms with E-state index in [1.165, 1.54) is 4.31 Å². The molecule has 1 aromatic rings. The van der Waals surface area contributed by atoms with E-state index in [0.717, 1.165) is 24.2 Å². The van der Waals surface area contributed by atoms with Crippen LogP contribution in [0.25, 0.3) is 0 Å². The van der Waals surface area contributed by atoms with E-state index in [1.54, 1.807) is 13.0 Å². The molecule has 0 amide bonds. The summed E-state index contributed by atoms with van der Waals surface area (Å²) in [5, 5.41) is 9.33. The maximum Gasteiger partial charge on any atom is 0.346 e. The van der Waals surface area contributed by atoms with Crippen LogP contribution in [0.1, 0.15) is 35.0 Å². The maximum absolute atomic E-state index is 12.3. The summed E-state index contributed by atoms with van der Waals surface area (Å²) in [6, 6.07) is 1.55. The Labute approximate surface area is 122 Å². The summed E-state index contributed by atoms with van der Waals surface area (Å²) in [4.78, 5) is 11.1. The lowest BCUT2D eigenvalue weighted by atomic mass is 10.0. The van der Waals surface area contributed by atoms with Gasteiger partial charge in [-0.1, -0.05) is 6.92 Å². The summed E-state index contributed by atoms with van der Waals surface area (Å²) in [7, 11) is -3.60. The Morgan fingerprint density at radius 1 is 1.55 bits per heavy atom. The molecule has 0 aliphatic carbocycles. The van der Waals surface area contributed by atoms with E-state index in [1.807, 2.05) is 6.92 Å². The standard InChI is InChI=1S/C12H18N2O4S2/c1-8-4-3-5-14(7-8)20(17,18)13-10-6-9(2)11(19-10)12(15)16/h6,8,13H,3-5,7H2,1-2H3,(H,15,16). The lowest BCUT2D eigenvalue weighted by molar-refractivity contribution is 0.0701. The predicted molar refractivity (Wildman–Crippen MR) is 78.5 cm³/mol. The highest BCUT2D eigenvalue weighted by Crippen LogP contribution is 2.28. The number of nitrogens with zero attached hydrogens (tertiary/aromatic N) is 1. The molecule has 0 bridgehead atoms. The van der Waals surface area contributed by atoms with Crippen molar-refractivity contribution < 1.29 is 18.3 Å². The van der Waals surface area contributed by atoms with Gasteiger partial charge in [0.1, 0.15) is 9.88 Å². The van der Waals surface area contributed by atoms with Crippen molar-refractivity contribution in [3.05, 3.63) is 16.5 Å². The van der Waals surface area contributed by atoms with Crippen LogP contribution in [0.2, 0.25) is 0 Å². The number of rotatable bonds is 4. The predicted octanol–water partition coefficient (Wildman–Crippen LogP) is 2.14. The van der Waals surface area contributed by atoms with Gasteiger partial charge in [0.2, 0.25) is 0 Å². The Hall–Kier alpha value is -1.12. The number of carboxylic acid groups (broad SMARTS) is 1. The fourth-order valence-corrected chi connectivity index (χ4v) is 4.81. The second kappa shape index (κ2) is 5.71. The first-order valence-corrected chi connectivity index (χ1v) is 8.67. The van der Waals surface area contributed by atoms with E-state index in [0.29, 0.717) is 29.6 Å². The minimum Gasteiger partial charge on any atom is -0.477 e. The van der Waals surface area contributed by atoms with Crippen molar-refractivity contribution in [1.29, 1.82) is 0 Å². The van der Waals surface area contributed by atoms with Gasteiger partial charge in [0.15, 0.2) is 0 Å². The SMILES string of the molecule is Cc1cc(NS(=O)(=O)N2CCCC(C)C2)sc1C(=O)O. The second-order valence-electron chi connectivity index (χ2n) is 5.14. The number of nitrogens with one attached hydrogen (secondary N) is 1. The molecule has 1 fully saturated rings. The molecule has 0 aromatic carbocycles. The minimum atomic E-state index is -3.60. The summed E-state index contributed by atoms with van der Waals surface area (Å²) in [6.45, 7) is 4.70. The molecule has 1 unspecified atom stereocenters. The number of hydrogen-bond donors (Lipinski definition) is 2. The first kappa shape index (κ1) is 15.3. The summed E-state index contributed by atoms with van der Waals surface area (Å²) < 4.78 is 28.4. The van der Waals surface area contributed by atoms with Crippen molar-refractivity contribution in [2.24, 2.45) is 5.92 Å². The first-order chi connectivity index (χ1) is 9.29. The minimum absolute atomic E-state index is 0.162. The average Bonchev–Trinajstić information content (AvgIpc) is 2.69. The van der Waals surface area contributed by atoms with Crippen molar-refractivity contribution in [2.45, 2.75) is 26.7 Å². The summed E-state index contributed by atoms with van der Waals surface area (Å²) in [5.41, 5.74) is 0.562. The molecule has 1 aliphatic rings. The first-order valence-electron chi connectivity index (χ1n) is 6.41. The molecular weight excluding hydrogens is 300 g/mol. The zero-order valence-corrected chi connectivity index (χ0v) is 13.1. The van der Waals surface area contributed by atoms with Crippen molar-refractivity contribution in [1.82, 2.24) is 4.31 Å². The van der Waals surface area contributed by atoms with E-state index in [4.69, 9.17) is 5.11 Å². The molecule has 6 nitrogen and oxygen atoms in total. The van der Waals surface area contributed by atoms with Gasteiger partial charge in [-0.25, -0.2) is 4.79 Å². The van der Waals surface area contributed by atoms with Crippen LogP contribution in [0.4, 0.5) is 5.00 Å². The highest BCUT2D eigenvalue weighted by atomic mass is 32.2. The molecule has 0 radical (unpaired) electrons. The summed E-state index contributed by atoms with van der Waals surface area (Å²) in [5.74, 6) is -0.690. The highest BCUT2D eigenvalue weighted by molar-refractivity contribution is 7.90. The molecule has 2 heterocycles. The van der Waals surface area contributed by atoms with Crippen LogP contribution in [0, 0.1) is 12.8 Å². The van der Waals surface area contributed by atoms with Gasteiger partial charge >= 0.3 is 16.2 Å². The van der Waals surface area contributed by atoms with Gasteiger partial charge < -0.3 is 5.11 Å². The van der Waals surface area contributed by atoms with Gasteiger partial charge in [0.25, 0.3) is 0 Å². The fourth-order valence-electron chi connectivity index (χ4n) is 2.30. The van der Waals surface area contributed by atoms with E-state index < -0.39 is 16.2 Å². The van der Waals surface area contributed by atoms with Gasteiger partial charge in [0.05, 0.1) is 0 Å². The van der Waals surface area contributed by atoms with E-state index in [9.17, 15) is 13.2 Å². The Morgan fingerprint density at radius 3 is 2.80 bits per heavy atom. The van der Waals surface area contributed by atoms with Crippen LogP contribution in [0.5, 0.6) is 0 Å². The van der Waals surface area contributed by atoms with Crippen LogP contribution in [0.3, 0.4) is 0 Å². The van der Waals surface area contributed by atoms with Gasteiger partial charge in [-0.15, -0.1) is 11.3 Å². The Balaban J connectivity index is 2.15. The molecule has 8 heteroatoms. The van der Waals surface area contributed by atoms with Crippen molar-refractivity contribution in [3.63, 3.8) is 0 Å². The molecular formula is C12H18N2O4S2. The number of aromatic carboxylic acids is 1. The van der Waals surface area contributed by atoms with Gasteiger partial charge in [0, 0.05) is 13.1 Å². The van der Waals surface area contributed by atoms with Crippen LogP contribution in [-0.4, -0.2) is 36.9 Å². The number of anilines is 1. The Bertz CT molecular complexity index is 609. The molecule has 0 spiro atoms. The Morgan fingerprint density at radius 2 is 2.25 bits per heavy atom. The molecule has 2 N–H and O–H groups in total. The maximum atomic E-state index is 12.3. The van der Waals surface area contributed by atoms with Crippen molar-refractivity contribution in [2.75, 3.05) is 17.8 Å². The monoisotopic (exact) mass is 318 g/mol. The van der Waals surface area contributed by atoms with Gasteiger partial charge in [-0.05, 0) is 37.3 Å². The lowest BCUT2D eigenvalue weighted by Gasteiger charge is -2.29. The van der Waals surface area contributed by atoms with Crippen molar-refractivity contribution in [3.8, 4) is 0 Å². The van der Waals surface area contributed by atoms with E-state index in [-0.39, 0.29) is 4.88 Å². The smallest absolute Gasteiger partial charge is 0.346 e. The molecule has 112 valence electrons. The van der Waals surface area contributed by atoms with Crippen LogP contribution >= 0.6 is 11.3 Å². The topological polar surface area (TPSA) is 86.7 Å². The summed E-state index contributed by atoms with van der Waals surface area (Å²) >= 11 is 0.943. The molecule has 0 saturated carbocycles.